The Kier molecular flexibility index (Phi) is 7.70. The first-order valence-electron chi connectivity index (χ1n) is 5.58. The Bertz CT molecular complexity index is 315. The average molecular weight is 283 g/mol. The van der Waals surface area contributed by atoms with E-state index in [-0.39, 0.29) is 30.9 Å². The second kappa shape index (κ2) is 7.87. The molecule has 0 bridgehead atoms. The minimum atomic E-state index is 0. The number of rotatable bonds is 3. The van der Waals surface area contributed by atoms with Gasteiger partial charge in [-0.1, -0.05) is 12.1 Å². The van der Waals surface area contributed by atoms with Crippen molar-refractivity contribution >= 4 is 24.8 Å². The third kappa shape index (κ3) is 4.10. The molecule has 7 heteroatoms. The van der Waals surface area contributed by atoms with Gasteiger partial charge in [-0.25, -0.2) is 0 Å². The first kappa shape index (κ1) is 16.6. The number of halogens is 2. The Morgan fingerprint density at radius 3 is 2.53 bits per heavy atom. The zero-order chi connectivity index (χ0) is 10.7. The van der Waals surface area contributed by atoms with E-state index in [9.17, 15) is 0 Å². The van der Waals surface area contributed by atoms with Crippen molar-refractivity contribution in [2.24, 2.45) is 0 Å². The number of nitrogens with one attached hydrogen (secondary N) is 1. The average Bonchev–Trinajstić information content (AvgIpc) is 2.78. The molecule has 1 saturated heterocycles. The van der Waals surface area contributed by atoms with E-state index in [2.05, 4.69) is 27.3 Å². The first-order chi connectivity index (χ1) is 7.31. The van der Waals surface area contributed by atoms with Crippen LogP contribution in [0.25, 0.3) is 0 Å². The van der Waals surface area contributed by atoms with Crippen molar-refractivity contribution in [2.75, 3.05) is 26.2 Å². The van der Waals surface area contributed by atoms with Crippen LogP contribution in [0.2, 0.25) is 0 Å². The van der Waals surface area contributed by atoms with Crippen molar-refractivity contribution in [2.45, 2.75) is 26.3 Å². The zero-order valence-corrected chi connectivity index (χ0v) is 11.8. The topological polar surface area (TPSA) is 54.2 Å². The van der Waals surface area contributed by atoms with Crippen molar-refractivity contribution in [1.82, 2.24) is 20.4 Å². The van der Waals surface area contributed by atoms with Crippen molar-refractivity contribution in [3.8, 4) is 0 Å². The van der Waals surface area contributed by atoms with Crippen molar-refractivity contribution in [3.05, 3.63) is 11.7 Å². The molecule has 100 valence electrons. The molecule has 1 aromatic heterocycles. The highest BCUT2D eigenvalue weighted by Crippen LogP contribution is 2.18. The van der Waals surface area contributed by atoms with E-state index in [0.29, 0.717) is 0 Å². The summed E-state index contributed by atoms with van der Waals surface area (Å²) >= 11 is 0. The largest absolute Gasteiger partial charge is 0.338 e. The number of nitrogens with zero attached hydrogens (tertiary/aromatic N) is 3. The lowest BCUT2D eigenvalue weighted by molar-refractivity contribution is 0.154. The number of hydrogen-bond donors (Lipinski definition) is 1. The zero-order valence-electron chi connectivity index (χ0n) is 10.2. The van der Waals surface area contributed by atoms with Gasteiger partial charge in [-0.05, 0) is 6.92 Å². The highest BCUT2D eigenvalue weighted by molar-refractivity contribution is 5.85. The van der Waals surface area contributed by atoms with Crippen LogP contribution in [0.4, 0.5) is 0 Å². The van der Waals surface area contributed by atoms with Crippen LogP contribution in [0.3, 0.4) is 0 Å². The van der Waals surface area contributed by atoms with E-state index in [1.165, 1.54) is 0 Å². The maximum Gasteiger partial charge on any atom is 0.243 e. The summed E-state index contributed by atoms with van der Waals surface area (Å²) in [5, 5.41) is 7.25. The number of piperazine rings is 1. The van der Waals surface area contributed by atoms with E-state index < -0.39 is 0 Å². The van der Waals surface area contributed by atoms with Gasteiger partial charge in [-0.2, -0.15) is 4.98 Å². The van der Waals surface area contributed by atoms with Gasteiger partial charge in [0.1, 0.15) is 0 Å². The molecule has 0 aromatic carbocycles. The maximum atomic E-state index is 5.25. The standard InChI is InChI=1S/C10H18N4O.2ClH/c1-3-9-12-10(15-13-9)8(2)14-6-4-11-5-7-14;;/h8,11H,3-7H2,1-2H3;2*1H. The normalized spacial score (nSPS) is 18.0. The molecule has 1 aliphatic heterocycles. The van der Waals surface area contributed by atoms with Crippen LogP contribution >= 0.6 is 24.8 Å². The predicted molar refractivity (Wildman–Crippen MR) is 71.0 cm³/mol. The van der Waals surface area contributed by atoms with E-state index in [1.54, 1.807) is 0 Å². The van der Waals surface area contributed by atoms with Crippen molar-refractivity contribution in [1.29, 1.82) is 0 Å². The summed E-state index contributed by atoms with van der Waals surface area (Å²) in [6.07, 6.45) is 0.831. The highest BCUT2D eigenvalue weighted by atomic mass is 35.5. The van der Waals surface area contributed by atoms with Crippen LogP contribution in [0.1, 0.15) is 31.6 Å². The summed E-state index contributed by atoms with van der Waals surface area (Å²) in [5.41, 5.74) is 0. The fourth-order valence-electron chi connectivity index (χ4n) is 1.81. The Hall–Kier alpha value is -0.360. The second-order valence-corrected chi connectivity index (χ2v) is 3.86. The Balaban J connectivity index is 0.00000128. The fourth-order valence-corrected chi connectivity index (χ4v) is 1.81. The molecule has 1 atom stereocenters. The van der Waals surface area contributed by atoms with Gasteiger partial charge in [0.15, 0.2) is 5.82 Å². The minimum absolute atomic E-state index is 0. The highest BCUT2D eigenvalue weighted by Gasteiger charge is 2.22. The van der Waals surface area contributed by atoms with Crippen LogP contribution in [0.5, 0.6) is 0 Å². The van der Waals surface area contributed by atoms with Crippen LogP contribution < -0.4 is 5.32 Å². The van der Waals surface area contributed by atoms with Crippen molar-refractivity contribution in [3.63, 3.8) is 0 Å². The number of hydrogen-bond acceptors (Lipinski definition) is 5. The Morgan fingerprint density at radius 2 is 2.00 bits per heavy atom. The van der Waals surface area contributed by atoms with Crippen LogP contribution in [-0.4, -0.2) is 41.2 Å². The van der Waals surface area contributed by atoms with Gasteiger partial charge >= 0.3 is 0 Å². The quantitative estimate of drug-likeness (QED) is 0.909. The van der Waals surface area contributed by atoms with E-state index in [0.717, 1.165) is 44.3 Å². The molecule has 17 heavy (non-hydrogen) atoms. The molecule has 1 aliphatic rings. The van der Waals surface area contributed by atoms with Gasteiger partial charge in [-0.15, -0.1) is 24.8 Å². The summed E-state index contributed by atoms with van der Waals surface area (Å²) < 4.78 is 5.25. The third-order valence-electron chi connectivity index (χ3n) is 2.86. The molecule has 0 aliphatic carbocycles. The fraction of sp³-hybridized carbons (Fsp3) is 0.800. The van der Waals surface area contributed by atoms with Gasteiger partial charge in [-0.3, -0.25) is 4.90 Å². The minimum Gasteiger partial charge on any atom is -0.338 e. The monoisotopic (exact) mass is 282 g/mol. The molecule has 5 nitrogen and oxygen atoms in total. The third-order valence-corrected chi connectivity index (χ3v) is 2.86. The molecule has 0 spiro atoms. The summed E-state index contributed by atoms with van der Waals surface area (Å²) in [4.78, 5) is 6.73. The Morgan fingerprint density at radius 1 is 1.35 bits per heavy atom. The first-order valence-corrected chi connectivity index (χ1v) is 5.58. The van der Waals surface area contributed by atoms with E-state index in [1.807, 2.05) is 6.92 Å². The SMILES string of the molecule is CCc1noc(C(C)N2CCNCC2)n1.Cl.Cl. The lowest BCUT2D eigenvalue weighted by atomic mass is 10.2. The molecule has 2 heterocycles. The molecule has 0 saturated carbocycles. The molecule has 1 aromatic rings. The van der Waals surface area contributed by atoms with Gasteiger partial charge in [0, 0.05) is 32.6 Å². The van der Waals surface area contributed by atoms with Gasteiger partial charge in [0.2, 0.25) is 5.89 Å². The smallest absolute Gasteiger partial charge is 0.243 e. The summed E-state index contributed by atoms with van der Waals surface area (Å²) in [7, 11) is 0. The van der Waals surface area contributed by atoms with E-state index in [4.69, 9.17) is 4.52 Å². The molecule has 0 radical (unpaired) electrons. The molecular formula is C10H20Cl2N4O. The molecule has 1 unspecified atom stereocenters. The number of aryl methyl sites for hydroxylation is 1. The summed E-state index contributed by atoms with van der Waals surface area (Å²) in [5.74, 6) is 1.54. The van der Waals surface area contributed by atoms with E-state index >= 15 is 0 Å². The second-order valence-electron chi connectivity index (χ2n) is 3.86. The lowest BCUT2D eigenvalue weighted by Gasteiger charge is -2.30. The number of aromatic nitrogens is 2. The maximum absolute atomic E-state index is 5.25. The molecule has 2 rings (SSSR count). The molecular weight excluding hydrogens is 263 g/mol. The van der Waals surface area contributed by atoms with Crippen LogP contribution in [0.15, 0.2) is 4.52 Å². The summed E-state index contributed by atoms with van der Waals surface area (Å²) in [6.45, 7) is 8.33. The Labute approximate surface area is 114 Å². The van der Waals surface area contributed by atoms with Crippen molar-refractivity contribution < 1.29 is 4.52 Å². The molecule has 0 amide bonds. The molecule has 1 N–H and O–H groups in total. The van der Waals surface area contributed by atoms with Crippen LogP contribution in [-0.2, 0) is 6.42 Å². The summed E-state index contributed by atoms with van der Waals surface area (Å²) in [6, 6.07) is 0.236. The van der Waals surface area contributed by atoms with Gasteiger partial charge < -0.3 is 9.84 Å². The molecule has 1 fully saturated rings. The lowest BCUT2D eigenvalue weighted by Crippen LogP contribution is -2.44. The predicted octanol–water partition coefficient (Wildman–Crippen LogP) is 1.44. The van der Waals surface area contributed by atoms with Gasteiger partial charge in [0.05, 0.1) is 6.04 Å². The van der Waals surface area contributed by atoms with Gasteiger partial charge in [0.25, 0.3) is 0 Å². The van der Waals surface area contributed by atoms with Crippen LogP contribution in [0, 0.1) is 0 Å².